The van der Waals surface area contributed by atoms with Crippen molar-refractivity contribution in [1.82, 2.24) is 20.2 Å². The molecule has 33 heavy (non-hydrogen) atoms. The number of hydrogen-bond acceptors (Lipinski definition) is 4. The monoisotopic (exact) mass is 448 g/mol. The van der Waals surface area contributed by atoms with Gasteiger partial charge in [0.2, 0.25) is 11.8 Å². The van der Waals surface area contributed by atoms with E-state index in [1.807, 2.05) is 56.0 Å². The predicted molar refractivity (Wildman–Crippen MR) is 129 cm³/mol. The second kappa shape index (κ2) is 10.4. The molecule has 1 aliphatic carbocycles. The van der Waals surface area contributed by atoms with Crippen LogP contribution >= 0.6 is 0 Å². The Kier molecular flexibility index (Phi) is 7.41. The maximum Gasteiger partial charge on any atom is 0.229 e. The summed E-state index contributed by atoms with van der Waals surface area (Å²) in [5.41, 5.74) is 3.73. The summed E-state index contributed by atoms with van der Waals surface area (Å²) in [7, 11) is 0. The van der Waals surface area contributed by atoms with Crippen LogP contribution in [0.25, 0.3) is 0 Å². The van der Waals surface area contributed by atoms with Crippen LogP contribution in [0.15, 0.2) is 30.3 Å². The second-order valence-corrected chi connectivity index (χ2v) is 9.71. The number of aromatic nitrogens is 2. The van der Waals surface area contributed by atoms with Crippen LogP contribution < -0.4 is 5.32 Å². The van der Waals surface area contributed by atoms with Gasteiger partial charge in [0.05, 0.1) is 12.3 Å². The van der Waals surface area contributed by atoms with Gasteiger partial charge < -0.3 is 10.2 Å². The molecule has 176 valence electrons. The normalized spacial score (nSPS) is 20.0. The lowest BCUT2D eigenvalue weighted by atomic mass is 9.93. The van der Waals surface area contributed by atoms with Gasteiger partial charge in [-0.15, -0.1) is 0 Å². The third-order valence-electron chi connectivity index (χ3n) is 7.26. The van der Waals surface area contributed by atoms with E-state index >= 15 is 0 Å². The van der Waals surface area contributed by atoms with Crippen LogP contribution in [0.4, 0.5) is 0 Å². The number of aryl methyl sites for hydroxylation is 2. The summed E-state index contributed by atoms with van der Waals surface area (Å²) in [6.45, 7) is 7.36. The van der Waals surface area contributed by atoms with E-state index in [4.69, 9.17) is 9.97 Å². The Morgan fingerprint density at radius 1 is 1.03 bits per heavy atom. The van der Waals surface area contributed by atoms with Gasteiger partial charge in [0.1, 0.15) is 5.82 Å². The fourth-order valence-corrected chi connectivity index (χ4v) is 5.26. The summed E-state index contributed by atoms with van der Waals surface area (Å²) >= 11 is 0. The van der Waals surface area contributed by atoms with Crippen LogP contribution in [0.3, 0.4) is 0 Å². The smallest absolute Gasteiger partial charge is 0.229 e. The molecular weight excluding hydrogens is 412 g/mol. The molecule has 2 amide bonds. The highest BCUT2D eigenvalue weighted by Gasteiger charge is 2.30. The zero-order valence-electron chi connectivity index (χ0n) is 20.1. The highest BCUT2D eigenvalue weighted by Crippen LogP contribution is 2.28. The first-order valence-corrected chi connectivity index (χ1v) is 12.4. The van der Waals surface area contributed by atoms with E-state index < -0.39 is 0 Å². The number of likely N-dealkylation sites (tertiary alicyclic amines) is 1. The zero-order valence-corrected chi connectivity index (χ0v) is 20.1. The molecule has 0 unspecified atom stereocenters. The van der Waals surface area contributed by atoms with E-state index in [-0.39, 0.29) is 23.7 Å². The van der Waals surface area contributed by atoms with E-state index in [0.717, 1.165) is 60.6 Å². The highest BCUT2D eigenvalue weighted by atomic mass is 16.2. The molecule has 2 aliphatic rings. The van der Waals surface area contributed by atoms with Gasteiger partial charge in [-0.05, 0) is 52.0 Å². The molecule has 2 heterocycles. The van der Waals surface area contributed by atoms with Crippen molar-refractivity contribution in [2.24, 2.45) is 0 Å². The number of nitrogens with one attached hydrogen (secondary N) is 1. The molecule has 1 saturated heterocycles. The van der Waals surface area contributed by atoms with Crippen LogP contribution in [0.5, 0.6) is 0 Å². The average Bonchev–Trinajstić information content (AvgIpc) is 3.34. The molecule has 6 nitrogen and oxygen atoms in total. The van der Waals surface area contributed by atoms with Crippen molar-refractivity contribution in [3.8, 4) is 0 Å². The molecule has 0 radical (unpaired) electrons. The standard InChI is InChI=1S/C27H36N4O2/c1-18(21-10-5-4-6-11-21)27(33)31-15-9-12-22(17-31)26-28-19(2)24(20(3)29-26)16-25(32)30-23-13-7-8-14-23/h4-6,10-11,18,22-23H,7-9,12-17H2,1-3H3,(H,30,32)/t18-,22-/m0/s1. The first-order chi connectivity index (χ1) is 15.9. The Labute approximate surface area is 197 Å². The van der Waals surface area contributed by atoms with Gasteiger partial charge in [-0.25, -0.2) is 9.97 Å². The van der Waals surface area contributed by atoms with E-state index in [1.54, 1.807) is 0 Å². The number of amides is 2. The van der Waals surface area contributed by atoms with Crippen LogP contribution in [0.2, 0.25) is 0 Å². The number of hydrogen-bond donors (Lipinski definition) is 1. The molecule has 4 rings (SSSR count). The molecule has 1 N–H and O–H groups in total. The molecule has 1 aromatic heterocycles. The number of benzene rings is 1. The lowest BCUT2D eigenvalue weighted by Crippen LogP contribution is -2.41. The number of piperidine rings is 1. The summed E-state index contributed by atoms with van der Waals surface area (Å²) < 4.78 is 0. The van der Waals surface area contributed by atoms with E-state index in [2.05, 4.69) is 5.32 Å². The summed E-state index contributed by atoms with van der Waals surface area (Å²) in [5.74, 6) is 1.00. The van der Waals surface area contributed by atoms with E-state index in [0.29, 0.717) is 19.0 Å². The van der Waals surface area contributed by atoms with Crippen molar-refractivity contribution in [2.45, 2.75) is 83.6 Å². The summed E-state index contributed by atoms with van der Waals surface area (Å²) in [6.07, 6.45) is 6.82. The lowest BCUT2D eigenvalue weighted by molar-refractivity contribution is -0.133. The Bertz CT molecular complexity index is 962. The predicted octanol–water partition coefficient (Wildman–Crippen LogP) is 4.20. The Morgan fingerprint density at radius 2 is 1.70 bits per heavy atom. The third kappa shape index (κ3) is 5.60. The van der Waals surface area contributed by atoms with E-state index in [1.165, 1.54) is 12.8 Å². The minimum absolute atomic E-state index is 0.0637. The largest absolute Gasteiger partial charge is 0.353 e. The van der Waals surface area contributed by atoms with Crippen molar-refractivity contribution in [1.29, 1.82) is 0 Å². The topological polar surface area (TPSA) is 75.2 Å². The Morgan fingerprint density at radius 3 is 2.36 bits per heavy atom. The van der Waals surface area contributed by atoms with Crippen LogP contribution in [-0.4, -0.2) is 45.8 Å². The fourth-order valence-electron chi connectivity index (χ4n) is 5.26. The van der Waals surface area contributed by atoms with Crippen molar-refractivity contribution in [3.05, 3.63) is 58.7 Å². The second-order valence-electron chi connectivity index (χ2n) is 9.71. The maximum atomic E-state index is 13.2. The van der Waals surface area contributed by atoms with Crippen LogP contribution in [0.1, 0.15) is 85.6 Å². The molecular formula is C27H36N4O2. The van der Waals surface area contributed by atoms with Crippen molar-refractivity contribution >= 4 is 11.8 Å². The Hall–Kier alpha value is -2.76. The SMILES string of the molecule is Cc1nc([C@H]2CCCN(C(=O)[C@@H](C)c3ccccc3)C2)nc(C)c1CC(=O)NC1CCCC1. The van der Waals surface area contributed by atoms with Gasteiger partial charge in [-0.2, -0.15) is 0 Å². The quantitative estimate of drug-likeness (QED) is 0.719. The number of nitrogens with zero attached hydrogens (tertiary/aromatic N) is 3. The Balaban J connectivity index is 1.42. The number of rotatable bonds is 6. The summed E-state index contributed by atoms with van der Waals surface area (Å²) in [4.78, 5) is 37.3. The van der Waals surface area contributed by atoms with Crippen molar-refractivity contribution in [2.75, 3.05) is 13.1 Å². The zero-order chi connectivity index (χ0) is 23.4. The van der Waals surface area contributed by atoms with Crippen molar-refractivity contribution < 1.29 is 9.59 Å². The first-order valence-electron chi connectivity index (χ1n) is 12.4. The average molecular weight is 449 g/mol. The maximum absolute atomic E-state index is 13.2. The van der Waals surface area contributed by atoms with Gasteiger partial charge >= 0.3 is 0 Å². The molecule has 2 atom stereocenters. The van der Waals surface area contributed by atoms with Gasteiger partial charge in [-0.3, -0.25) is 9.59 Å². The van der Waals surface area contributed by atoms with E-state index in [9.17, 15) is 9.59 Å². The number of carbonyl (C=O) groups is 2. The van der Waals surface area contributed by atoms with Gasteiger partial charge in [0.15, 0.2) is 0 Å². The minimum Gasteiger partial charge on any atom is -0.353 e. The molecule has 2 fully saturated rings. The fraction of sp³-hybridized carbons (Fsp3) is 0.556. The molecule has 0 bridgehead atoms. The third-order valence-corrected chi connectivity index (χ3v) is 7.26. The number of carbonyl (C=O) groups excluding carboxylic acids is 2. The molecule has 1 saturated carbocycles. The lowest BCUT2D eigenvalue weighted by Gasteiger charge is -2.34. The van der Waals surface area contributed by atoms with Gasteiger partial charge in [0, 0.05) is 42.0 Å². The summed E-state index contributed by atoms with van der Waals surface area (Å²) in [6, 6.07) is 10.3. The molecule has 0 spiro atoms. The molecule has 2 aromatic rings. The van der Waals surface area contributed by atoms with Crippen molar-refractivity contribution in [3.63, 3.8) is 0 Å². The summed E-state index contributed by atoms with van der Waals surface area (Å²) in [5, 5.41) is 3.16. The molecule has 1 aromatic carbocycles. The van der Waals surface area contributed by atoms with Gasteiger partial charge in [-0.1, -0.05) is 43.2 Å². The highest BCUT2D eigenvalue weighted by molar-refractivity contribution is 5.83. The van der Waals surface area contributed by atoms with Gasteiger partial charge in [0.25, 0.3) is 0 Å². The first kappa shape index (κ1) is 23.4. The molecule has 6 heteroatoms. The minimum atomic E-state index is -0.157. The van der Waals surface area contributed by atoms with Crippen LogP contribution in [-0.2, 0) is 16.0 Å². The van der Waals surface area contributed by atoms with Crippen LogP contribution in [0, 0.1) is 13.8 Å². The molecule has 1 aliphatic heterocycles.